The van der Waals surface area contributed by atoms with Gasteiger partial charge >= 0.3 is 0 Å². The third kappa shape index (κ3) is 4.56. The van der Waals surface area contributed by atoms with E-state index >= 15 is 0 Å². The van der Waals surface area contributed by atoms with Crippen molar-refractivity contribution >= 4 is 45.7 Å². The molecule has 0 heterocycles. The number of rotatable bonds is 5. The molecular weight excluding hydrogens is 295 g/mol. The molecule has 0 aliphatic rings. The molecule has 0 saturated heterocycles. The van der Waals surface area contributed by atoms with E-state index in [1.165, 1.54) is 0 Å². The van der Waals surface area contributed by atoms with Crippen molar-refractivity contribution in [2.24, 2.45) is 5.10 Å². The molecule has 18 heavy (non-hydrogen) atoms. The maximum atomic E-state index is 6.05. The minimum Gasteiger partial charge on any atom is -0.489 e. The molecule has 0 saturated carbocycles. The third-order valence-corrected chi connectivity index (χ3v) is 2.93. The van der Waals surface area contributed by atoms with E-state index in [4.69, 9.17) is 39.5 Å². The topological polar surface area (TPSA) is 33.6 Å². The molecule has 6 heteroatoms. The van der Waals surface area contributed by atoms with Crippen LogP contribution in [-0.4, -0.2) is 11.3 Å². The zero-order valence-corrected chi connectivity index (χ0v) is 12.7. The third-order valence-electron chi connectivity index (χ3n) is 1.97. The summed E-state index contributed by atoms with van der Waals surface area (Å²) in [6.07, 6.45) is 0.675. The number of ether oxygens (including phenoxy) is 1. The maximum absolute atomic E-state index is 6.05. The summed E-state index contributed by atoms with van der Waals surface area (Å²) in [5, 5.41) is 5.36. The summed E-state index contributed by atoms with van der Waals surface area (Å²) in [5.74, 6) is 0.557. The smallest absolute Gasteiger partial charge is 0.140 e. The van der Waals surface area contributed by atoms with E-state index in [9.17, 15) is 0 Å². The molecule has 0 spiro atoms. The van der Waals surface area contributed by atoms with E-state index < -0.39 is 0 Å². The van der Waals surface area contributed by atoms with Crippen LogP contribution in [0.5, 0.6) is 5.75 Å². The average molecular weight is 310 g/mol. The number of anilines is 1. The standard InChI is InChI=1S/C12H15Cl3N2O/c1-4-12(15)17-16-10-6-11(18-7(2)3)9(14)5-8(10)13/h5-7,16H,4H2,1-3H3/b17-12-. The highest BCUT2D eigenvalue weighted by Crippen LogP contribution is 2.34. The molecule has 0 aliphatic carbocycles. The molecule has 0 amide bonds. The Hall–Kier alpha value is -0.640. The Morgan fingerprint density at radius 2 is 2.00 bits per heavy atom. The van der Waals surface area contributed by atoms with E-state index in [0.717, 1.165) is 0 Å². The Kier molecular flexibility index (Phi) is 6.06. The number of hydrogen-bond donors (Lipinski definition) is 1. The molecule has 0 radical (unpaired) electrons. The number of halogens is 3. The number of benzene rings is 1. The largest absolute Gasteiger partial charge is 0.489 e. The Morgan fingerprint density at radius 1 is 1.33 bits per heavy atom. The first kappa shape index (κ1) is 15.4. The van der Waals surface area contributed by atoms with Gasteiger partial charge in [-0.3, -0.25) is 5.43 Å². The second kappa shape index (κ2) is 7.07. The van der Waals surface area contributed by atoms with Gasteiger partial charge in [0.2, 0.25) is 0 Å². The summed E-state index contributed by atoms with van der Waals surface area (Å²) in [4.78, 5) is 0. The van der Waals surface area contributed by atoms with Crippen LogP contribution < -0.4 is 10.2 Å². The first-order valence-corrected chi connectivity index (χ1v) is 6.71. The van der Waals surface area contributed by atoms with Crippen LogP contribution in [-0.2, 0) is 0 Å². The van der Waals surface area contributed by atoms with E-state index in [1.807, 2.05) is 20.8 Å². The van der Waals surface area contributed by atoms with Gasteiger partial charge in [-0.2, -0.15) is 5.10 Å². The van der Waals surface area contributed by atoms with Crippen LogP contribution in [0.2, 0.25) is 10.0 Å². The van der Waals surface area contributed by atoms with Gasteiger partial charge in [-0.1, -0.05) is 41.7 Å². The SMILES string of the molecule is CC/C(Cl)=N/Nc1cc(OC(C)C)c(Cl)cc1Cl. The first-order valence-electron chi connectivity index (χ1n) is 5.57. The molecule has 3 nitrogen and oxygen atoms in total. The Labute approximate surface area is 122 Å². The lowest BCUT2D eigenvalue weighted by Crippen LogP contribution is -2.06. The van der Waals surface area contributed by atoms with Gasteiger partial charge in [0.1, 0.15) is 10.9 Å². The molecule has 0 atom stereocenters. The molecule has 0 unspecified atom stereocenters. The van der Waals surface area contributed by atoms with Crippen molar-refractivity contribution < 1.29 is 4.74 Å². The summed E-state index contributed by atoms with van der Waals surface area (Å²) in [6.45, 7) is 5.75. The fourth-order valence-electron chi connectivity index (χ4n) is 1.16. The van der Waals surface area contributed by atoms with Crippen LogP contribution in [0.25, 0.3) is 0 Å². The fraction of sp³-hybridized carbons (Fsp3) is 0.417. The number of nitrogens with one attached hydrogen (secondary N) is 1. The highest BCUT2D eigenvalue weighted by molar-refractivity contribution is 6.65. The van der Waals surface area contributed by atoms with Crippen molar-refractivity contribution in [1.82, 2.24) is 0 Å². The molecule has 0 fully saturated rings. The minimum absolute atomic E-state index is 0.0271. The van der Waals surface area contributed by atoms with Crippen LogP contribution in [0.15, 0.2) is 17.2 Å². The zero-order valence-electron chi connectivity index (χ0n) is 10.4. The summed E-state index contributed by atoms with van der Waals surface area (Å²) in [5.41, 5.74) is 3.39. The molecule has 1 N–H and O–H groups in total. The van der Waals surface area contributed by atoms with Gasteiger partial charge in [0.25, 0.3) is 0 Å². The van der Waals surface area contributed by atoms with Gasteiger partial charge in [0, 0.05) is 6.07 Å². The van der Waals surface area contributed by atoms with Gasteiger partial charge < -0.3 is 4.74 Å². The molecule has 0 aliphatic heterocycles. The molecule has 100 valence electrons. The van der Waals surface area contributed by atoms with Crippen molar-refractivity contribution in [1.29, 1.82) is 0 Å². The fourth-order valence-corrected chi connectivity index (χ4v) is 1.67. The van der Waals surface area contributed by atoms with Gasteiger partial charge in [0.05, 0.1) is 21.8 Å². The van der Waals surface area contributed by atoms with E-state index in [1.54, 1.807) is 12.1 Å². The maximum Gasteiger partial charge on any atom is 0.140 e. The highest BCUT2D eigenvalue weighted by atomic mass is 35.5. The molecule has 1 aromatic carbocycles. The van der Waals surface area contributed by atoms with E-state index in [0.29, 0.717) is 33.1 Å². The van der Waals surface area contributed by atoms with Crippen molar-refractivity contribution in [2.45, 2.75) is 33.3 Å². The van der Waals surface area contributed by atoms with Gasteiger partial charge in [-0.05, 0) is 26.3 Å². The average Bonchev–Trinajstić information content (AvgIpc) is 2.30. The summed E-state index contributed by atoms with van der Waals surface area (Å²) >= 11 is 17.9. The zero-order chi connectivity index (χ0) is 13.7. The van der Waals surface area contributed by atoms with Crippen molar-refractivity contribution in [3.05, 3.63) is 22.2 Å². The van der Waals surface area contributed by atoms with Crippen LogP contribution in [0.4, 0.5) is 5.69 Å². The van der Waals surface area contributed by atoms with Crippen LogP contribution in [0.3, 0.4) is 0 Å². The van der Waals surface area contributed by atoms with Gasteiger partial charge in [-0.25, -0.2) is 0 Å². The molecule has 0 aromatic heterocycles. The van der Waals surface area contributed by atoms with Crippen LogP contribution in [0.1, 0.15) is 27.2 Å². The Balaban J connectivity index is 2.97. The predicted octanol–water partition coefficient (Wildman–Crippen LogP) is 5.15. The number of hydrazone groups is 1. The van der Waals surface area contributed by atoms with Gasteiger partial charge in [0.15, 0.2) is 0 Å². The molecule has 1 rings (SSSR count). The minimum atomic E-state index is 0.0271. The van der Waals surface area contributed by atoms with Crippen molar-refractivity contribution in [3.63, 3.8) is 0 Å². The molecule has 1 aromatic rings. The Morgan fingerprint density at radius 3 is 2.56 bits per heavy atom. The summed E-state index contributed by atoms with van der Waals surface area (Å²) in [6, 6.07) is 3.31. The lowest BCUT2D eigenvalue weighted by Gasteiger charge is -2.13. The van der Waals surface area contributed by atoms with Crippen LogP contribution >= 0.6 is 34.8 Å². The van der Waals surface area contributed by atoms with Crippen LogP contribution in [0, 0.1) is 0 Å². The second-order valence-corrected chi connectivity index (χ2v) is 5.13. The number of hydrogen-bond acceptors (Lipinski definition) is 3. The molecule has 0 bridgehead atoms. The lowest BCUT2D eigenvalue weighted by molar-refractivity contribution is 0.242. The summed E-state index contributed by atoms with van der Waals surface area (Å²) in [7, 11) is 0. The quantitative estimate of drug-likeness (QED) is 0.602. The van der Waals surface area contributed by atoms with Crippen molar-refractivity contribution in [3.8, 4) is 5.75 Å². The highest BCUT2D eigenvalue weighted by Gasteiger charge is 2.09. The number of nitrogens with zero attached hydrogens (tertiary/aromatic N) is 1. The lowest BCUT2D eigenvalue weighted by atomic mass is 10.3. The normalized spacial score (nSPS) is 11.8. The van der Waals surface area contributed by atoms with E-state index in [2.05, 4.69) is 10.5 Å². The van der Waals surface area contributed by atoms with Crippen molar-refractivity contribution in [2.75, 3.05) is 5.43 Å². The monoisotopic (exact) mass is 308 g/mol. The summed E-state index contributed by atoms with van der Waals surface area (Å²) < 4.78 is 5.56. The first-order chi connectivity index (χ1) is 8.43. The molecular formula is C12H15Cl3N2O. The van der Waals surface area contributed by atoms with Gasteiger partial charge in [-0.15, -0.1) is 0 Å². The predicted molar refractivity (Wildman–Crippen MR) is 79.4 cm³/mol. The Bertz CT molecular complexity index is 447. The second-order valence-electron chi connectivity index (χ2n) is 3.88. The van der Waals surface area contributed by atoms with E-state index in [-0.39, 0.29) is 6.10 Å².